The van der Waals surface area contributed by atoms with E-state index in [1.165, 1.54) is 0 Å². The summed E-state index contributed by atoms with van der Waals surface area (Å²) in [4.78, 5) is 8.46. The highest BCUT2D eigenvalue weighted by atomic mass is 16.5. The van der Waals surface area contributed by atoms with Gasteiger partial charge in [0.25, 0.3) is 0 Å². The van der Waals surface area contributed by atoms with Gasteiger partial charge in [0.05, 0.1) is 11.8 Å². The van der Waals surface area contributed by atoms with Crippen molar-refractivity contribution in [2.45, 2.75) is 33.5 Å². The van der Waals surface area contributed by atoms with Gasteiger partial charge in [-0.3, -0.25) is 0 Å². The number of aromatic nitrogens is 2. The third kappa shape index (κ3) is 3.51. The molecule has 0 fully saturated rings. The van der Waals surface area contributed by atoms with Crippen molar-refractivity contribution in [2.24, 2.45) is 0 Å². The molecule has 4 nitrogen and oxygen atoms in total. The molecule has 0 saturated heterocycles. The van der Waals surface area contributed by atoms with Gasteiger partial charge in [0.1, 0.15) is 12.4 Å². The average Bonchev–Trinajstić information content (AvgIpc) is 2.38. The predicted molar refractivity (Wildman–Crippen MR) is 73.9 cm³/mol. The van der Waals surface area contributed by atoms with Crippen LogP contribution in [0.2, 0.25) is 0 Å². The highest BCUT2D eigenvalue weighted by Crippen LogP contribution is 2.22. The predicted octanol–water partition coefficient (Wildman–Crippen LogP) is 2.73. The summed E-state index contributed by atoms with van der Waals surface area (Å²) in [7, 11) is 0. The van der Waals surface area contributed by atoms with E-state index in [0.717, 1.165) is 22.7 Å². The van der Waals surface area contributed by atoms with Gasteiger partial charge < -0.3 is 9.84 Å². The van der Waals surface area contributed by atoms with Gasteiger partial charge in [0, 0.05) is 11.3 Å². The number of hydrogen-bond acceptors (Lipinski definition) is 4. The molecule has 2 aromatic rings. The maximum Gasteiger partial charge on any atom is 0.154 e. The topological polar surface area (TPSA) is 55.2 Å². The van der Waals surface area contributed by atoms with Crippen LogP contribution in [0.15, 0.2) is 30.3 Å². The van der Waals surface area contributed by atoms with Gasteiger partial charge in [-0.05, 0) is 51.1 Å². The van der Waals surface area contributed by atoms with Gasteiger partial charge in [-0.2, -0.15) is 0 Å². The van der Waals surface area contributed by atoms with E-state index in [2.05, 4.69) is 9.97 Å². The Morgan fingerprint density at radius 2 is 1.84 bits per heavy atom. The van der Waals surface area contributed by atoms with Crippen LogP contribution in [0.5, 0.6) is 5.75 Å². The van der Waals surface area contributed by atoms with Crippen LogP contribution < -0.4 is 4.74 Å². The molecule has 0 atom stereocenters. The summed E-state index contributed by atoms with van der Waals surface area (Å²) < 4.78 is 5.60. The molecule has 100 valence electrons. The second kappa shape index (κ2) is 5.80. The molecular weight excluding hydrogens is 240 g/mol. The van der Waals surface area contributed by atoms with Crippen LogP contribution >= 0.6 is 0 Å². The van der Waals surface area contributed by atoms with Crippen molar-refractivity contribution in [1.29, 1.82) is 0 Å². The highest BCUT2D eigenvalue weighted by Gasteiger charge is 2.05. The second-order valence-corrected chi connectivity index (χ2v) is 4.66. The van der Waals surface area contributed by atoms with E-state index in [-0.39, 0.29) is 12.7 Å². The van der Waals surface area contributed by atoms with Crippen LogP contribution in [0.4, 0.5) is 0 Å². The molecule has 0 amide bonds. The van der Waals surface area contributed by atoms with Crippen LogP contribution in [0.3, 0.4) is 0 Å². The molecule has 1 heterocycles. The zero-order valence-electron chi connectivity index (χ0n) is 11.4. The molecule has 0 aliphatic heterocycles. The fourth-order valence-corrected chi connectivity index (χ4v) is 1.83. The summed E-state index contributed by atoms with van der Waals surface area (Å²) in [5, 5.41) is 9.13. The molecule has 0 unspecified atom stereocenters. The van der Waals surface area contributed by atoms with Gasteiger partial charge in [0.15, 0.2) is 5.82 Å². The summed E-state index contributed by atoms with van der Waals surface area (Å²) in [6.45, 7) is 5.73. The van der Waals surface area contributed by atoms with Crippen molar-refractivity contribution in [1.82, 2.24) is 9.97 Å². The Labute approximate surface area is 113 Å². The monoisotopic (exact) mass is 258 g/mol. The SMILES string of the molecule is Cc1cc(-c2ccc(OC(C)C)cc2)nc(CO)n1. The highest BCUT2D eigenvalue weighted by molar-refractivity contribution is 5.60. The Morgan fingerprint density at radius 3 is 2.42 bits per heavy atom. The lowest BCUT2D eigenvalue weighted by Gasteiger charge is -2.10. The zero-order chi connectivity index (χ0) is 13.8. The summed E-state index contributed by atoms with van der Waals surface area (Å²) in [6, 6.07) is 9.66. The van der Waals surface area contributed by atoms with Crippen molar-refractivity contribution in [3.05, 3.63) is 41.9 Å². The number of rotatable bonds is 4. The lowest BCUT2D eigenvalue weighted by Crippen LogP contribution is -2.05. The van der Waals surface area contributed by atoms with Crippen molar-refractivity contribution in [3.8, 4) is 17.0 Å². The van der Waals surface area contributed by atoms with E-state index >= 15 is 0 Å². The maximum atomic E-state index is 9.13. The van der Waals surface area contributed by atoms with Gasteiger partial charge >= 0.3 is 0 Å². The van der Waals surface area contributed by atoms with Gasteiger partial charge in [-0.1, -0.05) is 0 Å². The molecule has 0 aliphatic carbocycles. The second-order valence-electron chi connectivity index (χ2n) is 4.66. The lowest BCUT2D eigenvalue weighted by atomic mass is 10.1. The summed E-state index contributed by atoms with van der Waals surface area (Å²) in [5.41, 5.74) is 2.64. The smallest absolute Gasteiger partial charge is 0.154 e. The van der Waals surface area contributed by atoms with E-state index < -0.39 is 0 Å². The minimum absolute atomic E-state index is 0.150. The normalized spacial score (nSPS) is 10.8. The van der Waals surface area contributed by atoms with E-state index in [9.17, 15) is 0 Å². The summed E-state index contributed by atoms with van der Waals surface area (Å²) in [6.07, 6.45) is 0.160. The van der Waals surface area contributed by atoms with E-state index in [1.807, 2.05) is 51.1 Å². The molecule has 4 heteroatoms. The summed E-state index contributed by atoms with van der Waals surface area (Å²) in [5.74, 6) is 1.28. The molecule has 0 radical (unpaired) electrons. The zero-order valence-corrected chi connectivity index (χ0v) is 11.4. The van der Waals surface area contributed by atoms with Crippen LogP contribution in [0.25, 0.3) is 11.3 Å². The molecule has 0 aliphatic rings. The first kappa shape index (κ1) is 13.5. The van der Waals surface area contributed by atoms with Crippen LogP contribution in [-0.4, -0.2) is 21.2 Å². The molecule has 2 rings (SSSR count). The van der Waals surface area contributed by atoms with E-state index in [0.29, 0.717) is 5.82 Å². The number of ether oxygens (including phenoxy) is 1. The van der Waals surface area contributed by atoms with E-state index in [4.69, 9.17) is 9.84 Å². The quantitative estimate of drug-likeness (QED) is 0.916. The molecule has 0 bridgehead atoms. The van der Waals surface area contributed by atoms with Crippen LogP contribution in [0.1, 0.15) is 25.4 Å². The van der Waals surface area contributed by atoms with Gasteiger partial charge in [0.2, 0.25) is 0 Å². The Morgan fingerprint density at radius 1 is 1.16 bits per heavy atom. The molecular formula is C15H18N2O2. The number of aliphatic hydroxyl groups excluding tert-OH is 1. The fraction of sp³-hybridized carbons (Fsp3) is 0.333. The largest absolute Gasteiger partial charge is 0.491 e. The third-order valence-electron chi connectivity index (χ3n) is 2.56. The number of aliphatic hydroxyl groups is 1. The molecule has 1 aromatic carbocycles. The Balaban J connectivity index is 2.29. The van der Waals surface area contributed by atoms with Crippen molar-refractivity contribution >= 4 is 0 Å². The van der Waals surface area contributed by atoms with E-state index in [1.54, 1.807) is 0 Å². The number of aryl methyl sites for hydroxylation is 1. The van der Waals surface area contributed by atoms with Crippen molar-refractivity contribution < 1.29 is 9.84 Å². The Bertz CT molecular complexity index is 551. The molecule has 1 aromatic heterocycles. The lowest BCUT2D eigenvalue weighted by molar-refractivity contribution is 0.242. The molecule has 0 saturated carbocycles. The first-order valence-electron chi connectivity index (χ1n) is 6.31. The standard InChI is InChI=1S/C15H18N2O2/c1-10(2)19-13-6-4-12(5-7-13)14-8-11(3)16-15(9-18)17-14/h4-8,10,18H,9H2,1-3H3. The Kier molecular flexibility index (Phi) is 4.12. The molecule has 0 spiro atoms. The first-order valence-corrected chi connectivity index (χ1v) is 6.31. The average molecular weight is 258 g/mol. The molecule has 19 heavy (non-hydrogen) atoms. The van der Waals surface area contributed by atoms with Crippen LogP contribution in [-0.2, 0) is 6.61 Å². The molecule has 1 N–H and O–H groups in total. The fourth-order valence-electron chi connectivity index (χ4n) is 1.83. The van der Waals surface area contributed by atoms with Crippen molar-refractivity contribution in [2.75, 3.05) is 0 Å². The van der Waals surface area contributed by atoms with Gasteiger partial charge in [-0.25, -0.2) is 9.97 Å². The maximum absolute atomic E-state index is 9.13. The van der Waals surface area contributed by atoms with Crippen LogP contribution in [0, 0.1) is 6.92 Å². The van der Waals surface area contributed by atoms with Gasteiger partial charge in [-0.15, -0.1) is 0 Å². The first-order chi connectivity index (χ1) is 9.08. The number of hydrogen-bond donors (Lipinski definition) is 1. The Hall–Kier alpha value is -1.94. The number of nitrogens with zero attached hydrogens (tertiary/aromatic N) is 2. The number of benzene rings is 1. The minimum Gasteiger partial charge on any atom is -0.491 e. The van der Waals surface area contributed by atoms with Crippen molar-refractivity contribution in [3.63, 3.8) is 0 Å². The summed E-state index contributed by atoms with van der Waals surface area (Å²) >= 11 is 0. The minimum atomic E-state index is -0.150. The third-order valence-corrected chi connectivity index (χ3v) is 2.56.